The van der Waals surface area contributed by atoms with E-state index in [1.165, 1.54) is 0 Å². The maximum absolute atomic E-state index is 12.3. The Morgan fingerprint density at radius 3 is 2.53 bits per heavy atom. The van der Waals surface area contributed by atoms with Crippen LogP contribution in [0.4, 0.5) is 0 Å². The quantitative estimate of drug-likeness (QED) is 0.905. The molecule has 0 saturated heterocycles. The molecule has 1 aromatic carbocycles. The lowest BCUT2D eigenvalue weighted by atomic mass is 9.96. The normalized spacial score (nSPS) is 14.0. The van der Waals surface area contributed by atoms with E-state index >= 15 is 0 Å². The lowest BCUT2D eigenvalue weighted by Gasteiger charge is -2.29. The number of hydrogen-bond acceptors (Lipinski definition) is 2. The number of nitrogens with two attached hydrogens (primary N) is 1. The molecule has 3 nitrogen and oxygen atoms in total. The SMILES string of the molecule is CCCC(C)(N)C(=O)N(C)Cc1ccc(Cl)c(Cl)c1. The molecule has 1 unspecified atom stereocenters. The zero-order valence-corrected chi connectivity index (χ0v) is 13.1. The molecule has 19 heavy (non-hydrogen) atoms. The van der Waals surface area contributed by atoms with E-state index in [9.17, 15) is 4.79 Å². The van der Waals surface area contributed by atoms with Crippen molar-refractivity contribution in [3.05, 3.63) is 33.8 Å². The van der Waals surface area contributed by atoms with E-state index in [-0.39, 0.29) is 5.91 Å². The Morgan fingerprint density at radius 2 is 2.00 bits per heavy atom. The highest BCUT2D eigenvalue weighted by atomic mass is 35.5. The van der Waals surface area contributed by atoms with Crippen molar-refractivity contribution in [2.45, 2.75) is 38.8 Å². The van der Waals surface area contributed by atoms with Gasteiger partial charge in [-0.3, -0.25) is 4.79 Å². The molecule has 5 heteroatoms. The van der Waals surface area contributed by atoms with Crippen LogP contribution in [0.25, 0.3) is 0 Å². The van der Waals surface area contributed by atoms with Crippen LogP contribution in [0.15, 0.2) is 18.2 Å². The first kappa shape index (κ1) is 16.3. The van der Waals surface area contributed by atoms with E-state index in [1.807, 2.05) is 13.0 Å². The van der Waals surface area contributed by atoms with E-state index in [0.717, 1.165) is 12.0 Å². The summed E-state index contributed by atoms with van der Waals surface area (Å²) < 4.78 is 0. The average Bonchev–Trinajstić information content (AvgIpc) is 2.32. The predicted octanol–water partition coefficient (Wildman–Crippen LogP) is 3.47. The summed E-state index contributed by atoms with van der Waals surface area (Å²) in [6.45, 7) is 4.24. The summed E-state index contributed by atoms with van der Waals surface area (Å²) in [5.41, 5.74) is 6.15. The zero-order valence-electron chi connectivity index (χ0n) is 11.5. The molecule has 1 amide bonds. The fraction of sp³-hybridized carbons (Fsp3) is 0.500. The second-order valence-corrected chi connectivity index (χ2v) is 5.89. The molecule has 0 aliphatic rings. The Labute approximate surface area is 124 Å². The molecule has 1 aromatic rings. The number of nitrogens with zero attached hydrogens (tertiary/aromatic N) is 1. The minimum Gasteiger partial charge on any atom is -0.340 e. The van der Waals surface area contributed by atoms with Crippen LogP contribution in [0.5, 0.6) is 0 Å². The first-order valence-electron chi connectivity index (χ1n) is 6.26. The van der Waals surface area contributed by atoms with Crippen molar-refractivity contribution in [2.75, 3.05) is 7.05 Å². The van der Waals surface area contributed by atoms with Crippen LogP contribution in [0, 0.1) is 0 Å². The largest absolute Gasteiger partial charge is 0.340 e. The summed E-state index contributed by atoms with van der Waals surface area (Å²) in [7, 11) is 1.74. The molecule has 0 saturated carbocycles. The van der Waals surface area contributed by atoms with Gasteiger partial charge in [0.2, 0.25) is 5.91 Å². The van der Waals surface area contributed by atoms with Crippen LogP contribution in [0.1, 0.15) is 32.3 Å². The summed E-state index contributed by atoms with van der Waals surface area (Å²) >= 11 is 11.8. The molecular weight excluding hydrogens is 283 g/mol. The van der Waals surface area contributed by atoms with Crippen LogP contribution in [0.2, 0.25) is 10.0 Å². The van der Waals surface area contributed by atoms with Crippen molar-refractivity contribution >= 4 is 29.1 Å². The highest BCUT2D eigenvalue weighted by molar-refractivity contribution is 6.42. The summed E-state index contributed by atoms with van der Waals surface area (Å²) in [6, 6.07) is 5.35. The number of carbonyl (C=O) groups is 1. The van der Waals surface area contributed by atoms with Crippen molar-refractivity contribution in [2.24, 2.45) is 5.73 Å². The Bertz CT molecular complexity index is 461. The average molecular weight is 303 g/mol. The number of hydrogen-bond donors (Lipinski definition) is 1. The van der Waals surface area contributed by atoms with Crippen molar-refractivity contribution in [1.29, 1.82) is 0 Å². The first-order valence-corrected chi connectivity index (χ1v) is 7.02. The number of benzene rings is 1. The molecule has 0 spiro atoms. The third-order valence-electron chi connectivity index (χ3n) is 3.01. The van der Waals surface area contributed by atoms with Gasteiger partial charge in [0.15, 0.2) is 0 Å². The Balaban J connectivity index is 2.76. The number of halogens is 2. The molecule has 1 atom stereocenters. The molecule has 0 heterocycles. The molecule has 106 valence electrons. The first-order chi connectivity index (χ1) is 8.77. The molecule has 0 fully saturated rings. The lowest BCUT2D eigenvalue weighted by molar-refractivity contribution is -0.135. The highest BCUT2D eigenvalue weighted by Gasteiger charge is 2.30. The second-order valence-electron chi connectivity index (χ2n) is 5.08. The molecule has 1 rings (SSSR count). The molecule has 0 aliphatic carbocycles. The molecule has 0 aromatic heterocycles. The lowest BCUT2D eigenvalue weighted by Crippen LogP contribution is -2.51. The van der Waals surface area contributed by atoms with E-state index in [4.69, 9.17) is 28.9 Å². The van der Waals surface area contributed by atoms with Crippen molar-refractivity contribution in [1.82, 2.24) is 4.90 Å². The van der Waals surface area contributed by atoms with Gasteiger partial charge in [0.1, 0.15) is 0 Å². The van der Waals surface area contributed by atoms with Crippen LogP contribution in [-0.4, -0.2) is 23.4 Å². The van der Waals surface area contributed by atoms with E-state index in [2.05, 4.69) is 0 Å². The third-order valence-corrected chi connectivity index (χ3v) is 3.75. The Morgan fingerprint density at radius 1 is 1.37 bits per heavy atom. The van der Waals surface area contributed by atoms with Gasteiger partial charge in [-0.2, -0.15) is 0 Å². The minimum absolute atomic E-state index is 0.0691. The Hall–Kier alpha value is -0.770. The highest BCUT2D eigenvalue weighted by Crippen LogP contribution is 2.23. The summed E-state index contributed by atoms with van der Waals surface area (Å²) in [5.74, 6) is -0.0691. The molecule has 0 aliphatic heterocycles. The number of amides is 1. The fourth-order valence-electron chi connectivity index (χ4n) is 2.05. The summed E-state index contributed by atoms with van der Waals surface area (Å²) in [6.07, 6.45) is 1.54. The van der Waals surface area contributed by atoms with Gasteiger partial charge in [-0.1, -0.05) is 42.6 Å². The zero-order chi connectivity index (χ0) is 14.6. The standard InChI is InChI=1S/C14H20Cl2N2O/c1-4-7-14(2,17)13(19)18(3)9-10-5-6-11(15)12(16)8-10/h5-6,8H,4,7,9,17H2,1-3H3. The van der Waals surface area contributed by atoms with Gasteiger partial charge >= 0.3 is 0 Å². The van der Waals surface area contributed by atoms with Crippen LogP contribution in [-0.2, 0) is 11.3 Å². The van der Waals surface area contributed by atoms with E-state index < -0.39 is 5.54 Å². The summed E-state index contributed by atoms with van der Waals surface area (Å²) in [5, 5.41) is 0.998. The Kier molecular flexibility index (Phi) is 5.65. The van der Waals surface area contributed by atoms with Gasteiger partial charge in [0.05, 0.1) is 15.6 Å². The molecule has 0 radical (unpaired) electrons. The van der Waals surface area contributed by atoms with Gasteiger partial charge in [-0.05, 0) is 31.0 Å². The van der Waals surface area contributed by atoms with Crippen LogP contribution in [0.3, 0.4) is 0 Å². The molecule has 2 N–H and O–H groups in total. The van der Waals surface area contributed by atoms with Crippen molar-refractivity contribution in [3.63, 3.8) is 0 Å². The second kappa shape index (κ2) is 6.60. The third kappa shape index (κ3) is 4.37. The fourth-order valence-corrected chi connectivity index (χ4v) is 2.37. The van der Waals surface area contributed by atoms with Crippen LogP contribution >= 0.6 is 23.2 Å². The maximum atomic E-state index is 12.3. The number of likely N-dealkylation sites (N-methyl/N-ethyl adjacent to an activating group) is 1. The smallest absolute Gasteiger partial charge is 0.242 e. The molecular formula is C14H20Cl2N2O. The van der Waals surface area contributed by atoms with Gasteiger partial charge in [-0.25, -0.2) is 0 Å². The number of carbonyl (C=O) groups excluding carboxylic acids is 1. The van der Waals surface area contributed by atoms with E-state index in [1.54, 1.807) is 31.0 Å². The number of rotatable bonds is 5. The maximum Gasteiger partial charge on any atom is 0.242 e. The van der Waals surface area contributed by atoms with Gasteiger partial charge in [0, 0.05) is 13.6 Å². The topological polar surface area (TPSA) is 46.3 Å². The van der Waals surface area contributed by atoms with Gasteiger partial charge in [0.25, 0.3) is 0 Å². The monoisotopic (exact) mass is 302 g/mol. The van der Waals surface area contributed by atoms with Gasteiger partial charge < -0.3 is 10.6 Å². The van der Waals surface area contributed by atoms with Crippen molar-refractivity contribution < 1.29 is 4.79 Å². The van der Waals surface area contributed by atoms with Crippen molar-refractivity contribution in [3.8, 4) is 0 Å². The van der Waals surface area contributed by atoms with E-state index in [0.29, 0.717) is 23.0 Å². The molecule has 0 bridgehead atoms. The predicted molar refractivity (Wildman–Crippen MR) is 80.4 cm³/mol. The van der Waals surface area contributed by atoms with Gasteiger partial charge in [-0.15, -0.1) is 0 Å². The minimum atomic E-state index is -0.820. The van der Waals surface area contributed by atoms with Crippen LogP contribution < -0.4 is 5.73 Å². The summed E-state index contributed by atoms with van der Waals surface area (Å²) in [4.78, 5) is 13.9.